The van der Waals surface area contributed by atoms with Gasteiger partial charge in [0.1, 0.15) is 0 Å². The number of carbonyl (C=O) groups is 2. The number of benzene rings is 2. The number of hydrogen-bond donors (Lipinski definition) is 2. The van der Waals surface area contributed by atoms with E-state index >= 15 is 0 Å². The predicted molar refractivity (Wildman–Crippen MR) is 94.8 cm³/mol. The van der Waals surface area contributed by atoms with Crippen molar-refractivity contribution in [3.8, 4) is 5.69 Å². The number of anilines is 2. The van der Waals surface area contributed by atoms with Crippen molar-refractivity contribution < 1.29 is 9.59 Å². The number of rotatable bonds is 4. The van der Waals surface area contributed by atoms with Gasteiger partial charge in [0, 0.05) is 18.3 Å². The van der Waals surface area contributed by atoms with E-state index in [1.54, 1.807) is 31.2 Å². The molecule has 0 atom stereocenters. The van der Waals surface area contributed by atoms with Crippen LogP contribution in [0, 0.1) is 6.92 Å². The molecular formula is C18H17N5O2. The highest BCUT2D eigenvalue weighted by Crippen LogP contribution is 2.15. The Kier molecular flexibility index (Phi) is 4.56. The van der Waals surface area contributed by atoms with Crippen molar-refractivity contribution in [2.24, 2.45) is 0 Å². The maximum absolute atomic E-state index is 12.4. The normalized spacial score (nSPS) is 10.3. The van der Waals surface area contributed by atoms with E-state index < -0.39 is 0 Å². The lowest BCUT2D eigenvalue weighted by Gasteiger charge is -2.06. The molecule has 0 radical (unpaired) electrons. The predicted octanol–water partition coefficient (Wildman–Crippen LogP) is 2.79. The molecule has 1 aromatic heterocycles. The van der Waals surface area contributed by atoms with Crippen LogP contribution in [0.4, 0.5) is 11.4 Å². The number of aromatic nitrogens is 3. The second-order valence-corrected chi connectivity index (χ2v) is 5.47. The van der Waals surface area contributed by atoms with Crippen LogP contribution < -0.4 is 10.6 Å². The summed E-state index contributed by atoms with van der Waals surface area (Å²) in [6, 6.07) is 16.2. The van der Waals surface area contributed by atoms with E-state index in [0.717, 1.165) is 5.69 Å². The molecule has 0 saturated carbocycles. The highest BCUT2D eigenvalue weighted by Gasteiger charge is 2.16. The first-order valence-corrected chi connectivity index (χ1v) is 7.71. The summed E-state index contributed by atoms with van der Waals surface area (Å²) in [5, 5.41) is 14.0. The Labute approximate surface area is 144 Å². The second-order valence-electron chi connectivity index (χ2n) is 5.47. The SMILES string of the molecule is CC(=O)Nc1ccc(NC(=O)c2nn(-c3ccccc3)nc2C)cc1. The average molecular weight is 335 g/mol. The molecule has 0 aliphatic carbocycles. The van der Waals surface area contributed by atoms with E-state index in [9.17, 15) is 9.59 Å². The fourth-order valence-corrected chi connectivity index (χ4v) is 2.30. The molecule has 3 rings (SSSR count). The smallest absolute Gasteiger partial charge is 0.278 e. The van der Waals surface area contributed by atoms with Gasteiger partial charge in [-0.25, -0.2) is 0 Å². The molecule has 3 aromatic rings. The van der Waals surface area contributed by atoms with Crippen LogP contribution in [0.1, 0.15) is 23.1 Å². The lowest BCUT2D eigenvalue weighted by molar-refractivity contribution is -0.114. The van der Waals surface area contributed by atoms with E-state index in [1.165, 1.54) is 11.7 Å². The standard InChI is InChI=1S/C18H17N5O2/c1-12-17(22-23(21-12)16-6-4-3-5-7-16)18(25)20-15-10-8-14(9-11-15)19-13(2)24/h3-11H,1-2H3,(H,19,24)(H,20,25). The Hall–Kier alpha value is -3.48. The highest BCUT2D eigenvalue weighted by atomic mass is 16.2. The number of aryl methyl sites for hydroxylation is 1. The Bertz CT molecular complexity index is 901. The molecule has 0 fully saturated rings. The first-order chi connectivity index (χ1) is 12.0. The Balaban J connectivity index is 1.75. The molecule has 1 heterocycles. The fourth-order valence-electron chi connectivity index (χ4n) is 2.30. The van der Waals surface area contributed by atoms with Gasteiger partial charge in [0.15, 0.2) is 5.69 Å². The zero-order chi connectivity index (χ0) is 17.8. The topological polar surface area (TPSA) is 88.9 Å². The minimum atomic E-state index is -0.341. The minimum absolute atomic E-state index is 0.148. The number of nitrogens with zero attached hydrogens (tertiary/aromatic N) is 3. The molecule has 7 heteroatoms. The molecule has 2 N–H and O–H groups in total. The van der Waals surface area contributed by atoms with Gasteiger partial charge in [-0.05, 0) is 43.3 Å². The molecule has 25 heavy (non-hydrogen) atoms. The molecule has 0 unspecified atom stereocenters. The van der Waals surface area contributed by atoms with Gasteiger partial charge < -0.3 is 10.6 Å². The van der Waals surface area contributed by atoms with E-state index in [2.05, 4.69) is 20.8 Å². The quantitative estimate of drug-likeness (QED) is 0.767. The number of amides is 2. The zero-order valence-corrected chi connectivity index (χ0v) is 13.9. The molecule has 7 nitrogen and oxygen atoms in total. The van der Waals surface area contributed by atoms with Crippen LogP contribution in [0.3, 0.4) is 0 Å². The minimum Gasteiger partial charge on any atom is -0.326 e. The molecule has 0 aliphatic heterocycles. The molecule has 0 saturated heterocycles. The Morgan fingerprint density at radius 1 is 0.880 bits per heavy atom. The van der Waals surface area contributed by atoms with Crippen molar-refractivity contribution in [2.45, 2.75) is 13.8 Å². The van der Waals surface area contributed by atoms with Gasteiger partial charge in [0.05, 0.1) is 11.4 Å². The van der Waals surface area contributed by atoms with Gasteiger partial charge >= 0.3 is 0 Å². The molecule has 126 valence electrons. The van der Waals surface area contributed by atoms with E-state index in [0.29, 0.717) is 17.1 Å². The van der Waals surface area contributed by atoms with Crippen LogP contribution in [0.25, 0.3) is 5.69 Å². The Morgan fingerprint density at radius 2 is 1.48 bits per heavy atom. The molecule has 2 amide bonds. The number of para-hydroxylation sites is 1. The lowest BCUT2D eigenvalue weighted by atomic mass is 10.2. The van der Waals surface area contributed by atoms with Crippen molar-refractivity contribution in [2.75, 3.05) is 10.6 Å². The van der Waals surface area contributed by atoms with Crippen LogP contribution in [0.5, 0.6) is 0 Å². The molecule has 0 aliphatic rings. The summed E-state index contributed by atoms with van der Waals surface area (Å²) < 4.78 is 0. The molecular weight excluding hydrogens is 318 g/mol. The number of carbonyl (C=O) groups excluding carboxylic acids is 2. The largest absolute Gasteiger partial charge is 0.326 e. The van der Waals surface area contributed by atoms with Crippen LogP contribution >= 0.6 is 0 Å². The summed E-state index contributed by atoms with van der Waals surface area (Å²) in [6.45, 7) is 3.18. The summed E-state index contributed by atoms with van der Waals surface area (Å²) in [6.07, 6.45) is 0. The second kappa shape index (κ2) is 6.96. The van der Waals surface area contributed by atoms with Gasteiger partial charge in [0.25, 0.3) is 5.91 Å². The average Bonchev–Trinajstić information content (AvgIpc) is 2.99. The number of hydrogen-bond acceptors (Lipinski definition) is 4. The highest BCUT2D eigenvalue weighted by molar-refractivity contribution is 6.03. The summed E-state index contributed by atoms with van der Waals surface area (Å²) in [5.74, 6) is -0.489. The van der Waals surface area contributed by atoms with Gasteiger partial charge in [-0.2, -0.15) is 9.90 Å². The maximum atomic E-state index is 12.4. The number of nitrogens with one attached hydrogen (secondary N) is 2. The monoisotopic (exact) mass is 335 g/mol. The van der Waals surface area contributed by atoms with Gasteiger partial charge in [0.2, 0.25) is 5.91 Å². The van der Waals surface area contributed by atoms with Gasteiger partial charge in [-0.1, -0.05) is 18.2 Å². The van der Waals surface area contributed by atoms with Gasteiger partial charge in [-0.3, -0.25) is 9.59 Å². The van der Waals surface area contributed by atoms with Gasteiger partial charge in [-0.15, -0.1) is 5.10 Å². The summed E-state index contributed by atoms with van der Waals surface area (Å²) in [4.78, 5) is 24.9. The van der Waals surface area contributed by atoms with Crippen molar-refractivity contribution in [3.63, 3.8) is 0 Å². The lowest BCUT2D eigenvalue weighted by Crippen LogP contribution is -2.14. The molecule has 0 spiro atoms. The maximum Gasteiger partial charge on any atom is 0.278 e. The summed E-state index contributed by atoms with van der Waals surface area (Å²) >= 11 is 0. The first-order valence-electron chi connectivity index (χ1n) is 7.71. The first kappa shape index (κ1) is 16.4. The Morgan fingerprint density at radius 3 is 2.08 bits per heavy atom. The third-order valence-corrected chi connectivity index (χ3v) is 3.45. The van der Waals surface area contributed by atoms with Crippen LogP contribution in [0.15, 0.2) is 54.6 Å². The third-order valence-electron chi connectivity index (χ3n) is 3.45. The van der Waals surface area contributed by atoms with Crippen LogP contribution in [0.2, 0.25) is 0 Å². The third kappa shape index (κ3) is 3.89. The van der Waals surface area contributed by atoms with E-state index in [4.69, 9.17) is 0 Å². The van der Waals surface area contributed by atoms with E-state index in [-0.39, 0.29) is 17.5 Å². The van der Waals surface area contributed by atoms with Crippen LogP contribution in [-0.4, -0.2) is 26.8 Å². The fraction of sp³-hybridized carbons (Fsp3) is 0.111. The zero-order valence-electron chi connectivity index (χ0n) is 13.9. The molecule has 2 aromatic carbocycles. The molecule has 0 bridgehead atoms. The summed E-state index contributed by atoms with van der Waals surface area (Å²) in [5.41, 5.74) is 2.85. The van der Waals surface area contributed by atoms with E-state index in [1.807, 2.05) is 30.3 Å². The van der Waals surface area contributed by atoms with Crippen LogP contribution in [-0.2, 0) is 4.79 Å². The van der Waals surface area contributed by atoms with Crippen molar-refractivity contribution in [3.05, 3.63) is 66.0 Å². The van der Waals surface area contributed by atoms with Crippen molar-refractivity contribution in [1.82, 2.24) is 15.0 Å². The summed E-state index contributed by atoms with van der Waals surface area (Å²) in [7, 11) is 0. The van der Waals surface area contributed by atoms with Crippen molar-refractivity contribution in [1.29, 1.82) is 0 Å². The van der Waals surface area contributed by atoms with Crippen molar-refractivity contribution >= 4 is 23.2 Å².